The molecular formula is C7H15N3OS. The maximum Gasteiger partial charge on any atom is 0.238 e. The van der Waals surface area contributed by atoms with Gasteiger partial charge in [-0.15, -0.1) is 11.8 Å². The molecule has 4 N–H and O–H groups in total. The lowest BCUT2D eigenvalue weighted by Crippen LogP contribution is -2.45. The Hall–Kier alpha value is -0.260. The minimum Gasteiger partial charge on any atom is -0.353 e. The van der Waals surface area contributed by atoms with Gasteiger partial charge in [0.05, 0.1) is 6.04 Å². The SMILES string of the molecule is CC(N)CNC(=O)C1CSCN1. The molecule has 1 heterocycles. The monoisotopic (exact) mass is 189 g/mol. The third-order valence-corrected chi connectivity index (χ3v) is 2.57. The smallest absolute Gasteiger partial charge is 0.238 e. The first-order chi connectivity index (χ1) is 5.70. The number of carbonyl (C=O) groups is 1. The van der Waals surface area contributed by atoms with Crippen molar-refractivity contribution in [3.8, 4) is 0 Å². The Bertz CT molecular complexity index is 157. The van der Waals surface area contributed by atoms with E-state index in [0.717, 1.165) is 11.6 Å². The molecule has 0 spiro atoms. The zero-order valence-corrected chi connectivity index (χ0v) is 7.99. The highest BCUT2D eigenvalue weighted by atomic mass is 32.2. The minimum absolute atomic E-state index is 0.0197. The van der Waals surface area contributed by atoms with E-state index in [2.05, 4.69) is 10.6 Å². The van der Waals surface area contributed by atoms with E-state index in [0.29, 0.717) is 6.54 Å². The Labute approximate surface area is 76.6 Å². The van der Waals surface area contributed by atoms with Gasteiger partial charge in [0.15, 0.2) is 0 Å². The molecule has 70 valence electrons. The fraction of sp³-hybridized carbons (Fsp3) is 0.857. The van der Waals surface area contributed by atoms with Crippen LogP contribution >= 0.6 is 11.8 Å². The highest BCUT2D eigenvalue weighted by Gasteiger charge is 2.21. The number of thioether (sulfide) groups is 1. The Balaban J connectivity index is 2.18. The van der Waals surface area contributed by atoms with Gasteiger partial charge in [-0.25, -0.2) is 0 Å². The predicted molar refractivity (Wildman–Crippen MR) is 50.9 cm³/mol. The number of rotatable bonds is 3. The van der Waals surface area contributed by atoms with Gasteiger partial charge in [0, 0.05) is 24.2 Å². The van der Waals surface area contributed by atoms with Crippen LogP contribution < -0.4 is 16.4 Å². The van der Waals surface area contributed by atoms with Crippen molar-refractivity contribution in [3.05, 3.63) is 0 Å². The molecule has 1 amide bonds. The molecule has 0 bridgehead atoms. The van der Waals surface area contributed by atoms with Gasteiger partial charge in [0.1, 0.15) is 0 Å². The fourth-order valence-corrected chi connectivity index (χ4v) is 1.89. The average Bonchev–Trinajstić information content (AvgIpc) is 2.51. The zero-order chi connectivity index (χ0) is 8.97. The Kier molecular flexibility index (Phi) is 3.84. The lowest BCUT2D eigenvalue weighted by atomic mass is 10.3. The minimum atomic E-state index is -0.0197. The van der Waals surface area contributed by atoms with Crippen molar-refractivity contribution in [3.63, 3.8) is 0 Å². The van der Waals surface area contributed by atoms with E-state index in [1.165, 1.54) is 0 Å². The normalized spacial score (nSPS) is 25.3. The van der Waals surface area contributed by atoms with Crippen LogP contribution in [-0.2, 0) is 4.79 Å². The van der Waals surface area contributed by atoms with Crippen LogP contribution in [0.25, 0.3) is 0 Å². The standard InChI is InChI=1S/C7H15N3OS/c1-5(8)2-9-7(11)6-3-12-4-10-6/h5-6,10H,2-4,8H2,1H3,(H,9,11). The molecule has 4 nitrogen and oxygen atoms in total. The van der Waals surface area contributed by atoms with Crippen molar-refractivity contribution in [1.82, 2.24) is 10.6 Å². The zero-order valence-electron chi connectivity index (χ0n) is 7.17. The van der Waals surface area contributed by atoms with E-state index < -0.39 is 0 Å². The summed E-state index contributed by atoms with van der Waals surface area (Å²) in [5, 5.41) is 5.87. The maximum absolute atomic E-state index is 11.3. The van der Waals surface area contributed by atoms with Crippen LogP contribution in [0.15, 0.2) is 0 Å². The van der Waals surface area contributed by atoms with Crippen LogP contribution in [0.4, 0.5) is 0 Å². The third-order valence-electron chi connectivity index (χ3n) is 1.63. The van der Waals surface area contributed by atoms with Gasteiger partial charge in [-0.3, -0.25) is 10.1 Å². The molecule has 0 aromatic carbocycles. The summed E-state index contributed by atoms with van der Waals surface area (Å²) < 4.78 is 0. The molecule has 12 heavy (non-hydrogen) atoms. The molecular weight excluding hydrogens is 174 g/mol. The molecule has 5 heteroatoms. The van der Waals surface area contributed by atoms with Gasteiger partial charge in [-0.2, -0.15) is 0 Å². The first-order valence-electron chi connectivity index (χ1n) is 4.04. The molecule has 0 radical (unpaired) electrons. The summed E-state index contributed by atoms with van der Waals surface area (Å²) in [6, 6.07) is 0.0109. The molecule has 1 aliphatic heterocycles. The van der Waals surface area contributed by atoms with Crippen LogP contribution in [0.2, 0.25) is 0 Å². The first kappa shape index (κ1) is 9.83. The van der Waals surface area contributed by atoms with Crippen molar-refractivity contribution in [1.29, 1.82) is 0 Å². The summed E-state index contributed by atoms with van der Waals surface area (Å²) in [5.41, 5.74) is 5.50. The number of nitrogens with one attached hydrogen (secondary N) is 2. The molecule has 2 unspecified atom stereocenters. The van der Waals surface area contributed by atoms with Crippen LogP contribution in [0.3, 0.4) is 0 Å². The summed E-state index contributed by atoms with van der Waals surface area (Å²) in [6.45, 7) is 2.43. The van der Waals surface area contributed by atoms with E-state index >= 15 is 0 Å². The lowest BCUT2D eigenvalue weighted by molar-refractivity contribution is -0.122. The van der Waals surface area contributed by atoms with Gasteiger partial charge >= 0.3 is 0 Å². The number of hydrogen-bond donors (Lipinski definition) is 3. The number of hydrogen-bond acceptors (Lipinski definition) is 4. The van der Waals surface area contributed by atoms with E-state index in [9.17, 15) is 4.79 Å². The van der Waals surface area contributed by atoms with E-state index in [1.807, 2.05) is 6.92 Å². The molecule has 0 aromatic heterocycles. The summed E-state index contributed by atoms with van der Waals surface area (Å²) in [7, 11) is 0. The lowest BCUT2D eigenvalue weighted by Gasteiger charge is -2.11. The van der Waals surface area contributed by atoms with Crippen LogP contribution in [0.5, 0.6) is 0 Å². The van der Waals surface area contributed by atoms with E-state index in [1.54, 1.807) is 11.8 Å². The van der Waals surface area contributed by atoms with E-state index in [4.69, 9.17) is 5.73 Å². The number of amides is 1. The molecule has 1 rings (SSSR count). The molecule has 0 aliphatic carbocycles. The summed E-state index contributed by atoms with van der Waals surface area (Å²) in [5.74, 6) is 1.80. The van der Waals surface area contributed by atoms with Gasteiger partial charge < -0.3 is 11.1 Å². The van der Waals surface area contributed by atoms with Crippen LogP contribution in [0, 0.1) is 0 Å². The van der Waals surface area contributed by atoms with Crippen molar-refractivity contribution in [2.75, 3.05) is 18.2 Å². The second-order valence-electron chi connectivity index (χ2n) is 2.99. The quantitative estimate of drug-likeness (QED) is 0.539. The highest BCUT2D eigenvalue weighted by Crippen LogP contribution is 2.08. The van der Waals surface area contributed by atoms with E-state index in [-0.39, 0.29) is 18.0 Å². The highest BCUT2D eigenvalue weighted by molar-refractivity contribution is 7.99. The largest absolute Gasteiger partial charge is 0.353 e. The average molecular weight is 189 g/mol. The molecule has 1 saturated heterocycles. The van der Waals surface area contributed by atoms with Gasteiger partial charge in [0.2, 0.25) is 5.91 Å². The third kappa shape index (κ3) is 3.00. The molecule has 0 aromatic rings. The van der Waals surface area contributed by atoms with Crippen molar-refractivity contribution >= 4 is 17.7 Å². The summed E-state index contributed by atoms with van der Waals surface area (Å²) in [4.78, 5) is 11.3. The summed E-state index contributed by atoms with van der Waals surface area (Å²) in [6.07, 6.45) is 0. The Morgan fingerprint density at radius 1 is 1.92 bits per heavy atom. The fourth-order valence-electron chi connectivity index (χ4n) is 0.948. The Morgan fingerprint density at radius 2 is 2.67 bits per heavy atom. The van der Waals surface area contributed by atoms with Crippen LogP contribution in [0.1, 0.15) is 6.92 Å². The molecule has 1 fully saturated rings. The molecule has 0 saturated carbocycles. The first-order valence-corrected chi connectivity index (χ1v) is 5.20. The summed E-state index contributed by atoms with van der Waals surface area (Å²) >= 11 is 1.74. The van der Waals surface area contributed by atoms with Crippen LogP contribution in [-0.4, -0.2) is 36.2 Å². The van der Waals surface area contributed by atoms with Crippen molar-refractivity contribution in [2.24, 2.45) is 5.73 Å². The van der Waals surface area contributed by atoms with Crippen molar-refractivity contribution in [2.45, 2.75) is 19.0 Å². The van der Waals surface area contributed by atoms with Crippen molar-refractivity contribution < 1.29 is 4.79 Å². The van der Waals surface area contributed by atoms with Gasteiger partial charge in [-0.05, 0) is 6.92 Å². The Morgan fingerprint density at radius 3 is 3.17 bits per heavy atom. The maximum atomic E-state index is 11.3. The second-order valence-corrected chi connectivity index (χ2v) is 4.02. The topological polar surface area (TPSA) is 67.1 Å². The molecule has 1 aliphatic rings. The van der Waals surface area contributed by atoms with Gasteiger partial charge in [-0.1, -0.05) is 0 Å². The number of carbonyl (C=O) groups excluding carboxylic acids is 1. The number of nitrogens with two attached hydrogens (primary N) is 1. The second kappa shape index (κ2) is 4.69. The predicted octanol–water partition coefficient (Wildman–Crippen LogP) is -0.888. The molecule has 2 atom stereocenters. The van der Waals surface area contributed by atoms with Gasteiger partial charge in [0.25, 0.3) is 0 Å².